The van der Waals surface area contributed by atoms with Crippen LogP contribution >= 0.6 is 0 Å². The van der Waals surface area contributed by atoms with E-state index in [0.29, 0.717) is 5.92 Å². The van der Waals surface area contributed by atoms with E-state index in [0.717, 1.165) is 12.8 Å². The molecule has 26 heavy (non-hydrogen) atoms. The highest BCUT2D eigenvalue weighted by atomic mass is 28.4. The average Bonchev–Trinajstić information content (AvgIpc) is 2.83. The quantitative estimate of drug-likeness (QED) is 0.479. The number of rotatable bonds is 3. The molecular weight excluding hydrogens is 342 g/mol. The van der Waals surface area contributed by atoms with Crippen LogP contribution in [-0.4, -0.2) is 43.1 Å². The summed E-state index contributed by atoms with van der Waals surface area (Å²) in [5.74, 6) is 0.296. The minimum absolute atomic E-state index is 0.00637. The molecule has 0 bridgehead atoms. The summed E-state index contributed by atoms with van der Waals surface area (Å²) >= 11 is 0. The van der Waals surface area contributed by atoms with Crippen LogP contribution in [0.1, 0.15) is 54.4 Å². The van der Waals surface area contributed by atoms with Crippen LogP contribution < -0.4 is 0 Å². The lowest BCUT2D eigenvalue weighted by atomic mass is 9.87. The first kappa shape index (κ1) is 21.2. The normalized spacial score (nSPS) is 29.5. The summed E-state index contributed by atoms with van der Waals surface area (Å²) in [6, 6.07) is 0.0180. The Morgan fingerprint density at radius 1 is 1.23 bits per heavy atom. The van der Waals surface area contributed by atoms with E-state index in [4.69, 9.17) is 9.16 Å². The minimum Gasteiger partial charge on any atom is -0.444 e. The highest BCUT2D eigenvalue weighted by molar-refractivity contribution is 6.74. The summed E-state index contributed by atoms with van der Waals surface area (Å²) in [7, 11) is -1.87. The van der Waals surface area contributed by atoms with Gasteiger partial charge in [0.2, 0.25) is 0 Å². The SMILES string of the molecule is C=C[C@@H]1C[C@@H]2[C@@H](O[Si](C)(C)C(C)(C)C)CC=C[C@@H]2N1C(=O)OC(C)(C)C. The smallest absolute Gasteiger partial charge is 0.411 e. The zero-order valence-corrected chi connectivity index (χ0v) is 18.8. The van der Waals surface area contributed by atoms with Crippen molar-refractivity contribution in [3.63, 3.8) is 0 Å². The van der Waals surface area contributed by atoms with Crippen molar-refractivity contribution in [2.75, 3.05) is 0 Å². The van der Waals surface area contributed by atoms with Crippen molar-refractivity contribution in [3.8, 4) is 0 Å². The van der Waals surface area contributed by atoms with Crippen molar-refractivity contribution in [3.05, 3.63) is 24.8 Å². The average molecular weight is 380 g/mol. The second-order valence-electron chi connectivity index (χ2n) is 10.2. The maximum Gasteiger partial charge on any atom is 0.411 e. The molecule has 1 aliphatic carbocycles. The van der Waals surface area contributed by atoms with Gasteiger partial charge in [0.25, 0.3) is 0 Å². The van der Waals surface area contributed by atoms with Crippen LogP contribution in [-0.2, 0) is 9.16 Å². The molecule has 0 saturated carbocycles. The molecular formula is C21H37NO3Si. The molecule has 0 unspecified atom stereocenters. The lowest BCUT2D eigenvalue weighted by Crippen LogP contribution is -2.50. The molecule has 2 aliphatic rings. The van der Waals surface area contributed by atoms with Gasteiger partial charge in [-0.2, -0.15) is 0 Å². The van der Waals surface area contributed by atoms with Crippen molar-refractivity contribution in [2.24, 2.45) is 5.92 Å². The predicted molar refractivity (Wildman–Crippen MR) is 110 cm³/mol. The monoisotopic (exact) mass is 379 g/mol. The van der Waals surface area contributed by atoms with Crippen LogP contribution in [0.3, 0.4) is 0 Å². The Hall–Kier alpha value is -1.07. The summed E-state index contributed by atoms with van der Waals surface area (Å²) in [4.78, 5) is 14.7. The Morgan fingerprint density at radius 3 is 2.35 bits per heavy atom. The van der Waals surface area contributed by atoms with E-state index < -0.39 is 13.9 Å². The Kier molecular flexibility index (Phi) is 5.84. The van der Waals surface area contributed by atoms with Crippen LogP contribution in [0.5, 0.6) is 0 Å². The van der Waals surface area contributed by atoms with Crippen molar-refractivity contribution < 1.29 is 14.0 Å². The lowest BCUT2D eigenvalue weighted by Gasteiger charge is -2.43. The number of hydrogen-bond donors (Lipinski definition) is 0. The molecule has 1 fully saturated rings. The Bertz CT molecular complexity index is 571. The number of nitrogens with zero attached hydrogens (tertiary/aromatic N) is 1. The van der Waals surface area contributed by atoms with Gasteiger partial charge in [-0.25, -0.2) is 4.79 Å². The van der Waals surface area contributed by atoms with E-state index in [1.807, 2.05) is 31.7 Å². The fourth-order valence-corrected chi connectivity index (χ4v) is 4.95. The summed E-state index contributed by atoms with van der Waals surface area (Å²) < 4.78 is 12.4. The molecule has 4 nitrogen and oxygen atoms in total. The number of carbonyl (C=O) groups is 1. The maximum absolute atomic E-state index is 12.8. The predicted octanol–water partition coefficient (Wildman–Crippen LogP) is 5.52. The van der Waals surface area contributed by atoms with Gasteiger partial charge in [-0.1, -0.05) is 39.0 Å². The molecule has 0 spiro atoms. The second-order valence-corrected chi connectivity index (χ2v) is 14.9. The van der Waals surface area contributed by atoms with E-state index >= 15 is 0 Å². The molecule has 1 heterocycles. The first-order chi connectivity index (χ1) is 11.8. The first-order valence-corrected chi connectivity index (χ1v) is 12.7. The molecule has 1 amide bonds. The maximum atomic E-state index is 12.8. The van der Waals surface area contributed by atoms with Gasteiger partial charge in [0.1, 0.15) is 5.60 Å². The number of carbonyl (C=O) groups excluding carboxylic acids is 1. The molecule has 0 aromatic heterocycles. The Balaban J connectivity index is 2.23. The molecule has 148 valence electrons. The molecule has 1 saturated heterocycles. The number of fused-ring (bicyclic) bond motifs is 1. The first-order valence-electron chi connectivity index (χ1n) is 9.75. The van der Waals surface area contributed by atoms with Gasteiger partial charge in [-0.3, -0.25) is 4.90 Å². The zero-order valence-electron chi connectivity index (χ0n) is 17.8. The van der Waals surface area contributed by atoms with Gasteiger partial charge in [0, 0.05) is 5.92 Å². The van der Waals surface area contributed by atoms with Gasteiger partial charge >= 0.3 is 6.09 Å². The highest BCUT2D eigenvalue weighted by Crippen LogP contribution is 2.44. The Morgan fingerprint density at radius 2 is 1.85 bits per heavy atom. The molecule has 2 rings (SSSR count). The van der Waals surface area contributed by atoms with E-state index in [-0.39, 0.29) is 29.3 Å². The molecule has 5 heteroatoms. The minimum atomic E-state index is -1.87. The summed E-state index contributed by atoms with van der Waals surface area (Å²) in [6.45, 7) is 21.1. The number of amides is 1. The van der Waals surface area contributed by atoms with Gasteiger partial charge in [0.15, 0.2) is 8.32 Å². The molecule has 0 aromatic carbocycles. The van der Waals surface area contributed by atoms with E-state index in [1.54, 1.807) is 0 Å². The van der Waals surface area contributed by atoms with Crippen molar-refractivity contribution in [2.45, 2.75) is 96.3 Å². The zero-order chi connectivity index (χ0) is 19.9. The fraction of sp³-hybridized carbons (Fsp3) is 0.762. The lowest BCUT2D eigenvalue weighted by molar-refractivity contribution is 0.0164. The van der Waals surface area contributed by atoms with Gasteiger partial charge in [-0.15, -0.1) is 6.58 Å². The summed E-state index contributed by atoms with van der Waals surface area (Å²) in [6.07, 6.45) is 7.90. The van der Waals surface area contributed by atoms with Crippen LogP contribution in [0, 0.1) is 5.92 Å². The van der Waals surface area contributed by atoms with Crippen molar-refractivity contribution in [1.82, 2.24) is 4.90 Å². The summed E-state index contributed by atoms with van der Waals surface area (Å²) in [5, 5.41) is 0.172. The van der Waals surface area contributed by atoms with E-state index in [1.165, 1.54) is 0 Å². The van der Waals surface area contributed by atoms with Crippen LogP contribution in [0.2, 0.25) is 18.1 Å². The largest absolute Gasteiger partial charge is 0.444 e. The van der Waals surface area contributed by atoms with Crippen molar-refractivity contribution in [1.29, 1.82) is 0 Å². The molecule has 0 N–H and O–H groups in total. The molecule has 0 aromatic rings. The topological polar surface area (TPSA) is 38.8 Å². The third-order valence-electron chi connectivity index (χ3n) is 5.94. The van der Waals surface area contributed by atoms with E-state index in [9.17, 15) is 4.79 Å². The number of hydrogen-bond acceptors (Lipinski definition) is 3. The van der Waals surface area contributed by atoms with Gasteiger partial charge in [-0.05, 0) is 51.7 Å². The number of likely N-dealkylation sites (tertiary alicyclic amines) is 1. The van der Waals surface area contributed by atoms with E-state index in [2.05, 4.69) is 52.6 Å². The third kappa shape index (κ3) is 4.42. The summed E-state index contributed by atoms with van der Waals surface area (Å²) in [5.41, 5.74) is -0.504. The van der Waals surface area contributed by atoms with Crippen molar-refractivity contribution >= 4 is 14.4 Å². The molecule has 1 aliphatic heterocycles. The second kappa shape index (κ2) is 7.15. The van der Waals surface area contributed by atoms with Crippen LogP contribution in [0.25, 0.3) is 0 Å². The highest BCUT2D eigenvalue weighted by Gasteiger charge is 2.49. The Labute approximate surface area is 160 Å². The molecule has 4 atom stereocenters. The molecule has 0 radical (unpaired) electrons. The fourth-order valence-electron chi connectivity index (χ4n) is 3.57. The van der Waals surface area contributed by atoms with Gasteiger partial charge in [0.05, 0.1) is 18.2 Å². The van der Waals surface area contributed by atoms with Crippen LogP contribution in [0.15, 0.2) is 24.8 Å². The van der Waals surface area contributed by atoms with Crippen LogP contribution in [0.4, 0.5) is 4.79 Å². The van der Waals surface area contributed by atoms with Gasteiger partial charge < -0.3 is 9.16 Å². The number of ether oxygens (including phenoxy) is 1. The standard InChI is InChI=1S/C21H37NO3Si/c1-10-15-14-16-17(22(15)19(23)24-20(2,3)4)12-11-13-18(16)25-26(8,9)21(5,6)7/h10-12,15-18H,1,13-14H2,2-9H3/t15-,16+,17+,18+/m1/s1. The third-order valence-corrected chi connectivity index (χ3v) is 10.4.